The second-order valence-electron chi connectivity index (χ2n) is 17.8. The van der Waals surface area contributed by atoms with E-state index in [4.69, 9.17) is 4.74 Å². The van der Waals surface area contributed by atoms with E-state index in [1.807, 2.05) is 23.1 Å². The van der Waals surface area contributed by atoms with Gasteiger partial charge in [0.05, 0.1) is 21.2 Å². The standard InChI is InChI=1S/C62H37NOS2/c1-4-20-46-40(16-1)42-34-32-38(36-52(42)61(46)48-22-6-10-27-55(48)64-56-28-11-7-23-49(56)61)63(54-26-15-19-45-44-18-3-12-29-57(44)66-60(45)54)39-33-35-43-41-17-2-5-21-47(41)62(53(43)37-39)50-24-8-13-30-58(50)65-59-31-14-9-25-51(59)62/h1-37H. The van der Waals surface area contributed by atoms with Crippen LogP contribution in [0.25, 0.3) is 42.4 Å². The number of rotatable bonds is 3. The Morgan fingerprint density at radius 3 is 1.41 bits per heavy atom. The Balaban J connectivity index is 1.04. The molecule has 0 saturated carbocycles. The number of benzene rings is 10. The van der Waals surface area contributed by atoms with Crippen LogP contribution in [0.2, 0.25) is 0 Å². The van der Waals surface area contributed by atoms with Crippen molar-refractivity contribution in [2.45, 2.75) is 20.6 Å². The molecule has 2 aliphatic carbocycles. The van der Waals surface area contributed by atoms with Crippen molar-refractivity contribution in [1.82, 2.24) is 0 Å². The molecule has 66 heavy (non-hydrogen) atoms. The van der Waals surface area contributed by atoms with E-state index in [9.17, 15) is 0 Å². The highest BCUT2D eigenvalue weighted by molar-refractivity contribution is 7.99. The van der Waals surface area contributed by atoms with Gasteiger partial charge >= 0.3 is 0 Å². The predicted octanol–water partition coefficient (Wildman–Crippen LogP) is 16.8. The van der Waals surface area contributed by atoms with E-state index in [1.165, 1.54) is 85.6 Å². The molecule has 0 amide bonds. The lowest BCUT2D eigenvalue weighted by molar-refractivity contribution is 0.436. The third kappa shape index (κ3) is 4.62. The molecule has 0 unspecified atom stereocenters. The zero-order chi connectivity index (χ0) is 43.1. The number of hydrogen-bond donors (Lipinski definition) is 0. The maximum Gasteiger partial charge on any atom is 0.132 e. The Labute approximate surface area is 391 Å². The Hall–Kier alpha value is -7.63. The van der Waals surface area contributed by atoms with Gasteiger partial charge in [0, 0.05) is 47.8 Å². The van der Waals surface area contributed by atoms with Crippen molar-refractivity contribution in [3.05, 3.63) is 269 Å². The minimum Gasteiger partial charge on any atom is -0.457 e. The van der Waals surface area contributed by atoms with Crippen molar-refractivity contribution in [2.75, 3.05) is 4.90 Å². The number of thiophene rings is 1. The average Bonchev–Trinajstić information content (AvgIpc) is 4.00. The molecule has 0 fully saturated rings. The van der Waals surface area contributed by atoms with E-state index >= 15 is 0 Å². The van der Waals surface area contributed by atoms with Gasteiger partial charge in [-0.2, -0.15) is 0 Å². The fourth-order valence-corrected chi connectivity index (χ4v) is 14.7. The molecule has 10 aromatic carbocycles. The summed E-state index contributed by atoms with van der Waals surface area (Å²) in [4.78, 5) is 5.16. The van der Waals surface area contributed by atoms with E-state index in [2.05, 4.69) is 229 Å². The SMILES string of the molecule is c1ccc2c(c1)Oc1ccccc1C21c2ccccc2-c2ccc(N(c3ccc4c(c3)C3(c5ccccc5Sc5ccccc53)c3ccccc3-4)c3cccc4c3sc3ccccc34)cc21. The molecule has 0 N–H and O–H groups in total. The zero-order valence-corrected chi connectivity index (χ0v) is 37.2. The molecule has 1 aromatic heterocycles. The van der Waals surface area contributed by atoms with E-state index in [-0.39, 0.29) is 0 Å². The van der Waals surface area contributed by atoms with Crippen LogP contribution in [0.15, 0.2) is 234 Å². The number of para-hydroxylation sites is 2. The van der Waals surface area contributed by atoms with Gasteiger partial charge in [-0.25, -0.2) is 0 Å². The molecule has 308 valence electrons. The van der Waals surface area contributed by atoms with Crippen LogP contribution in [0, 0.1) is 0 Å². The van der Waals surface area contributed by atoms with E-state index in [1.54, 1.807) is 0 Å². The summed E-state index contributed by atoms with van der Waals surface area (Å²) in [5.74, 6) is 1.79. The molecule has 2 nitrogen and oxygen atoms in total. The van der Waals surface area contributed by atoms with Crippen LogP contribution < -0.4 is 9.64 Å². The highest BCUT2D eigenvalue weighted by Crippen LogP contribution is 2.65. The minimum absolute atomic E-state index is 0.505. The molecule has 0 atom stereocenters. The van der Waals surface area contributed by atoms with Crippen molar-refractivity contribution in [1.29, 1.82) is 0 Å². The lowest BCUT2D eigenvalue weighted by Crippen LogP contribution is -2.32. The van der Waals surface area contributed by atoms with Crippen molar-refractivity contribution >= 4 is 60.3 Å². The Bertz CT molecular complexity index is 3590. The normalized spacial score (nSPS) is 14.7. The number of hydrogen-bond acceptors (Lipinski definition) is 4. The van der Waals surface area contributed by atoms with E-state index in [0.29, 0.717) is 0 Å². The molecule has 0 saturated heterocycles. The molecule has 15 rings (SSSR count). The van der Waals surface area contributed by atoms with Crippen LogP contribution in [-0.2, 0) is 10.8 Å². The van der Waals surface area contributed by atoms with Crippen LogP contribution in [0.1, 0.15) is 44.5 Å². The molecule has 2 aliphatic heterocycles. The summed E-state index contributed by atoms with van der Waals surface area (Å²) in [5, 5.41) is 2.56. The van der Waals surface area contributed by atoms with E-state index in [0.717, 1.165) is 39.7 Å². The van der Waals surface area contributed by atoms with Gasteiger partial charge in [0.2, 0.25) is 0 Å². The topological polar surface area (TPSA) is 12.5 Å². The Kier molecular flexibility index (Phi) is 7.48. The van der Waals surface area contributed by atoms with E-state index < -0.39 is 10.8 Å². The minimum atomic E-state index is -0.598. The Morgan fingerprint density at radius 2 is 0.803 bits per heavy atom. The summed E-state index contributed by atoms with van der Waals surface area (Å²) in [6, 6.07) is 83.9. The first-order chi connectivity index (χ1) is 32.7. The number of anilines is 3. The van der Waals surface area contributed by atoms with Gasteiger partial charge in [-0.3, -0.25) is 0 Å². The first kappa shape index (κ1) is 36.7. The molecule has 0 radical (unpaired) electrons. The first-order valence-corrected chi connectivity index (χ1v) is 24.3. The van der Waals surface area contributed by atoms with Crippen molar-refractivity contribution < 1.29 is 4.74 Å². The van der Waals surface area contributed by atoms with Gasteiger partial charge in [-0.05, 0) is 116 Å². The Morgan fingerprint density at radius 1 is 0.348 bits per heavy atom. The quantitative estimate of drug-likeness (QED) is 0.175. The number of ether oxygens (including phenoxy) is 1. The fourth-order valence-electron chi connectivity index (χ4n) is 12.3. The highest BCUT2D eigenvalue weighted by Gasteiger charge is 2.52. The van der Waals surface area contributed by atoms with Crippen molar-refractivity contribution in [2.24, 2.45) is 0 Å². The van der Waals surface area contributed by atoms with Gasteiger partial charge in [-0.1, -0.05) is 176 Å². The molecule has 4 aliphatic rings. The fraction of sp³-hybridized carbons (Fsp3) is 0.0323. The third-order valence-corrected chi connectivity index (χ3v) is 17.2. The molecular formula is C62H37NOS2. The maximum absolute atomic E-state index is 6.75. The largest absolute Gasteiger partial charge is 0.457 e. The summed E-state index contributed by atoms with van der Waals surface area (Å²) in [6.07, 6.45) is 0. The molecule has 3 heterocycles. The van der Waals surface area contributed by atoms with Crippen molar-refractivity contribution in [3.8, 4) is 33.8 Å². The molecule has 4 heteroatoms. The summed E-state index contributed by atoms with van der Waals surface area (Å²) >= 11 is 3.77. The lowest BCUT2D eigenvalue weighted by atomic mass is 9.66. The summed E-state index contributed by atoms with van der Waals surface area (Å²) in [7, 11) is 0. The van der Waals surface area contributed by atoms with Gasteiger partial charge in [0.25, 0.3) is 0 Å². The third-order valence-electron chi connectivity index (χ3n) is 14.8. The van der Waals surface area contributed by atoms with Crippen LogP contribution in [0.5, 0.6) is 11.5 Å². The number of fused-ring (bicyclic) bond motifs is 21. The van der Waals surface area contributed by atoms with Crippen molar-refractivity contribution in [3.63, 3.8) is 0 Å². The van der Waals surface area contributed by atoms with Crippen LogP contribution >= 0.6 is 23.1 Å². The summed E-state index contributed by atoms with van der Waals surface area (Å²) in [5.41, 5.74) is 17.6. The monoisotopic (exact) mass is 875 g/mol. The molecular weight excluding hydrogens is 839 g/mol. The van der Waals surface area contributed by atoms with Gasteiger partial charge in [0.15, 0.2) is 0 Å². The summed E-state index contributed by atoms with van der Waals surface area (Å²) in [6.45, 7) is 0. The smallest absolute Gasteiger partial charge is 0.132 e. The van der Waals surface area contributed by atoms with Crippen LogP contribution in [0.4, 0.5) is 17.1 Å². The zero-order valence-electron chi connectivity index (χ0n) is 35.5. The van der Waals surface area contributed by atoms with Crippen LogP contribution in [0.3, 0.4) is 0 Å². The number of nitrogens with zero attached hydrogens (tertiary/aromatic N) is 1. The first-order valence-electron chi connectivity index (χ1n) is 22.7. The average molecular weight is 876 g/mol. The van der Waals surface area contributed by atoms with Crippen LogP contribution in [-0.4, -0.2) is 0 Å². The highest BCUT2D eigenvalue weighted by atomic mass is 32.2. The molecule has 0 bridgehead atoms. The lowest BCUT2D eigenvalue weighted by Gasteiger charge is -2.40. The predicted molar refractivity (Wildman–Crippen MR) is 273 cm³/mol. The second kappa shape index (κ2) is 13.5. The second-order valence-corrected chi connectivity index (χ2v) is 20.0. The van der Waals surface area contributed by atoms with Gasteiger partial charge in [0.1, 0.15) is 11.5 Å². The van der Waals surface area contributed by atoms with Gasteiger partial charge in [-0.15, -0.1) is 11.3 Å². The maximum atomic E-state index is 6.75. The van der Waals surface area contributed by atoms with Gasteiger partial charge < -0.3 is 9.64 Å². The molecule has 11 aromatic rings. The molecule has 2 spiro atoms. The summed E-state index contributed by atoms with van der Waals surface area (Å²) < 4.78 is 9.30.